The van der Waals surface area contributed by atoms with Gasteiger partial charge < -0.3 is 9.15 Å². The molecule has 6 nitrogen and oxygen atoms in total. The van der Waals surface area contributed by atoms with Gasteiger partial charge in [0.15, 0.2) is 6.61 Å². The van der Waals surface area contributed by atoms with Gasteiger partial charge in [-0.1, -0.05) is 37.6 Å². The number of nitrogens with zero attached hydrogens (tertiary/aromatic N) is 2. The third-order valence-corrected chi connectivity index (χ3v) is 4.28. The maximum absolute atomic E-state index is 12.6. The van der Waals surface area contributed by atoms with E-state index in [-0.39, 0.29) is 18.6 Å². The number of esters is 1. The number of hydrogen-bond acceptors (Lipinski definition) is 5. The van der Waals surface area contributed by atoms with Crippen LogP contribution in [0.15, 0.2) is 52.2 Å². The quantitative estimate of drug-likeness (QED) is 0.746. The summed E-state index contributed by atoms with van der Waals surface area (Å²) in [6.07, 6.45) is 2.05. The first kappa shape index (κ1) is 18.2. The Morgan fingerprint density at radius 2 is 2.04 bits per heavy atom. The van der Waals surface area contributed by atoms with Crippen molar-refractivity contribution in [2.45, 2.75) is 26.3 Å². The molecular formula is C19H19ClN2O4. The van der Waals surface area contributed by atoms with Gasteiger partial charge in [0, 0.05) is 11.4 Å². The van der Waals surface area contributed by atoms with Crippen LogP contribution in [-0.4, -0.2) is 29.2 Å². The second kappa shape index (κ2) is 7.74. The summed E-state index contributed by atoms with van der Waals surface area (Å²) in [6, 6.07) is 10.4. The molecule has 0 radical (unpaired) electrons. The number of ether oxygens (including phenoxy) is 1. The van der Waals surface area contributed by atoms with Crippen molar-refractivity contribution in [2.75, 3.05) is 6.61 Å². The van der Waals surface area contributed by atoms with Crippen molar-refractivity contribution < 1.29 is 18.7 Å². The molecule has 26 heavy (non-hydrogen) atoms. The van der Waals surface area contributed by atoms with Crippen molar-refractivity contribution in [3.8, 4) is 0 Å². The third kappa shape index (κ3) is 3.96. The van der Waals surface area contributed by atoms with Crippen molar-refractivity contribution in [1.29, 1.82) is 0 Å². The summed E-state index contributed by atoms with van der Waals surface area (Å²) in [7, 11) is 0. The summed E-state index contributed by atoms with van der Waals surface area (Å²) in [5, 5.41) is 6.41. The fourth-order valence-electron chi connectivity index (χ4n) is 2.63. The maximum atomic E-state index is 12.6. The molecule has 0 unspecified atom stereocenters. The lowest BCUT2D eigenvalue weighted by Crippen LogP contribution is -2.31. The van der Waals surface area contributed by atoms with Crippen LogP contribution in [0.1, 0.15) is 37.6 Å². The van der Waals surface area contributed by atoms with E-state index in [0.29, 0.717) is 17.2 Å². The van der Waals surface area contributed by atoms with Crippen LogP contribution < -0.4 is 0 Å². The van der Waals surface area contributed by atoms with Gasteiger partial charge in [-0.3, -0.25) is 9.59 Å². The van der Waals surface area contributed by atoms with Gasteiger partial charge in [0.25, 0.3) is 5.91 Å². The summed E-state index contributed by atoms with van der Waals surface area (Å²) in [6.45, 7) is 3.07. The van der Waals surface area contributed by atoms with Crippen molar-refractivity contribution in [3.05, 3.63) is 59.0 Å². The third-order valence-electron chi connectivity index (χ3n) is 4.02. The molecule has 1 aliphatic heterocycles. The Balaban J connectivity index is 1.81. The second-order valence-electron chi connectivity index (χ2n) is 6.29. The van der Waals surface area contributed by atoms with Crippen molar-refractivity contribution in [3.63, 3.8) is 0 Å². The summed E-state index contributed by atoms with van der Waals surface area (Å²) in [5.41, 5.74) is 1.62. The molecule has 2 aromatic rings. The SMILES string of the molecule is CC(C)C(=O)OCC(=O)N1N=C(c2ccc(Cl)cc2)C[C@H]1c1ccco1. The standard InChI is InChI=1S/C19H19ClN2O4/c1-12(2)19(24)26-11-18(23)22-16(17-4-3-9-25-17)10-15(21-22)13-5-7-14(20)8-6-13/h3-9,12,16H,10-11H2,1-2H3/t16-/m0/s1. The molecule has 136 valence electrons. The van der Waals surface area contributed by atoms with E-state index in [4.69, 9.17) is 20.8 Å². The van der Waals surface area contributed by atoms with Gasteiger partial charge in [-0.25, -0.2) is 5.01 Å². The first-order valence-corrected chi connectivity index (χ1v) is 8.69. The number of amides is 1. The highest BCUT2D eigenvalue weighted by atomic mass is 35.5. The molecule has 1 amide bonds. The molecule has 1 aliphatic rings. The largest absolute Gasteiger partial charge is 0.467 e. The summed E-state index contributed by atoms with van der Waals surface area (Å²) in [4.78, 5) is 24.2. The number of benzene rings is 1. The predicted molar refractivity (Wildman–Crippen MR) is 96.7 cm³/mol. The van der Waals surface area contributed by atoms with Gasteiger partial charge in [0.2, 0.25) is 0 Å². The predicted octanol–water partition coefficient (Wildman–Crippen LogP) is 3.81. The Hall–Kier alpha value is -2.60. The molecule has 3 rings (SSSR count). The highest BCUT2D eigenvalue weighted by Gasteiger charge is 2.35. The number of furan rings is 1. The molecule has 0 saturated carbocycles. The number of hydrogen-bond donors (Lipinski definition) is 0. The van der Waals surface area contributed by atoms with Crippen LogP contribution in [0.4, 0.5) is 0 Å². The first-order valence-electron chi connectivity index (χ1n) is 8.31. The van der Waals surface area contributed by atoms with Gasteiger partial charge in [-0.05, 0) is 29.8 Å². The molecule has 1 aromatic carbocycles. The highest BCUT2D eigenvalue weighted by molar-refractivity contribution is 6.30. The van der Waals surface area contributed by atoms with Crippen molar-refractivity contribution in [2.24, 2.45) is 11.0 Å². The number of halogens is 1. The summed E-state index contributed by atoms with van der Waals surface area (Å²) < 4.78 is 10.5. The van der Waals surface area contributed by atoms with E-state index >= 15 is 0 Å². The Labute approximate surface area is 156 Å². The van der Waals surface area contributed by atoms with E-state index < -0.39 is 11.9 Å². The lowest BCUT2D eigenvalue weighted by Gasteiger charge is -2.19. The molecule has 0 bridgehead atoms. The van der Waals surface area contributed by atoms with Crippen LogP contribution in [0.5, 0.6) is 0 Å². The average Bonchev–Trinajstić information content (AvgIpc) is 3.29. The molecule has 1 aromatic heterocycles. The number of rotatable bonds is 5. The van der Waals surface area contributed by atoms with Crippen molar-refractivity contribution >= 4 is 29.2 Å². The Bertz CT molecular complexity index is 813. The Kier molecular flexibility index (Phi) is 5.42. The smallest absolute Gasteiger partial charge is 0.308 e. The van der Waals surface area contributed by atoms with Gasteiger partial charge in [-0.15, -0.1) is 0 Å². The number of carbonyl (C=O) groups is 2. The minimum Gasteiger partial charge on any atom is -0.467 e. The summed E-state index contributed by atoms with van der Waals surface area (Å²) in [5.74, 6) is -0.491. The average molecular weight is 375 g/mol. The Morgan fingerprint density at radius 1 is 1.31 bits per heavy atom. The van der Waals surface area contributed by atoms with Gasteiger partial charge >= 0.3 is 5.97 Å². The van der Waals surface area contributed by atoms with Crippen LogP contribution in [-0.2, 0) is 14.3 Å². The van der Waals surface area contributed by atoms with Gasteiger partial charge in [0.1, 0.15) is 11.8 Å². The molecular weight excluding hydrogens is 356 g/mol. The van der Waals surface area contributed by atoms with E-state index in [2.05, 4.69) is 5.10 Å². The monoisotopic (exact) mass is 374 g/mol. The summed E-state index contributed by atoms with van der Waals surface area (Å²) >= 11 is 5.94. The van der Waals surface area contributed by atoms with Gasteiger partial charge in [-0.2, -0.15) is 5.10 Å². The van der Waals surface area contributed by atoms with E-state index in [1.54, 1.807) is 44.4 Å². The topological polar surface area (TPSA) is 72.1 Å². The van der Waals surface area contributed by atoms with Crippen LogP contribution >= 0.6 is 11.6 Å². The van der Waals surface area contributed by atoms with E-state index in [0.717, 1.165) is 11.3 Å². The van der Waals surface area contributed by atoms with Crippen LogP contribution in [0.2, 0.25) is 5.02 Å². The molecule has 0 saturated heterocycles. The second-order valence-corrected chi connectivity index (χ2v) is 6.73. The molecule has 0 fully saturated rings. The number of hydrazone groups is 1. The molecule has 0 N–H and O–H groups in total. The van der Waals surface area contributed by atoms with E-state index in [1.165, 1.54) is 5.01 Å². The lowest BCUT2D eigenvalue weighted by molar-refractivity contribution is -0.155. The lowest BCUT2D eigenvalue weighted by atomic mass is 10.0. The highest BCUT2D eigenvalue weighted by Crippen LogP contribution is 2.33. The van der Waals surface area contributed by atoms with Crippen LogP contribution in [0.25, 0.3) is 0 Å². The van der Waals surface area contributed by atoms with Crippen LogP contribution in [0, 0.1) is 5.92 Å². The zero-order valence-electron chi connectivity index (χ0n) is 14.5. The molecule has 0 aliphatic carbocycles. The zero-order chi connectivity index (χ0) is 18.7. The van der Waals surface area contributed by atoms with Crippen molar-refractivity contribution in [1.82, 2.24) is 5.01 Å². The zero-order valence-corrected chi connectivity index (χ0v) is 15.3. The van der Waals surface area contributed by atoms with E-state index in [9.17, 15) is 9.59 Å². The maximum Gasteiger partial charge on any atom is 0.308 e. The minimum absolute atomic E-state index is 0.296. The first-order chi connectivity index (χ1) is 12.5. The Morgan fingerprint density at radius 3 is 2.65 bits per heavy atom. The minimum atomic E-state index is -0.422. The normalized spacial score (nSPS) is 16.7. The fourth-order valence-corrected chi connectivity index (χ4v) is 2.75. The molecule has 2 heterocycles. The van der Waals surface area contributed by atoms with Crippen LogP contribution in [0.3, 0.4) is 0 Å². The van der Waals surface area contributed by atoms with Gasteiger partial charge in [0.05, 0.1) is 17.9 Å². The number of carbonyl (C=O) groups excluding carboxylic acids is 2. The molecule has 1 atom stereocenters. The molecule has 7 heteroatoms. The van der Waals surface area contributed by atoms with E-state index in [1.807, 2.05) is 12.1 Å². The molecule has 0 spiro atoms. The fraction of sp³-hybridized carbons (Fsp3) is 0.316.